The van der Waals surface area contributed by atoms with E-state index in [1.165, 1.54) is 5.56 Å². The minimum Gasteiger partial charge on any atom is -0.361 e. The molecule has 2 aromatic carbocycles. The van der Waals surface area contributed by atoms with Crippen molar-refractivity contribution in [2.24, 2.45) is 0 Å². The van der Waals surface area contributed by atoms with Gasteiger partial charge in [-0.05, 0) is 29.8 Å². The zero-order chi connectivity index (χ0) is 15.5. The molecule has 0 saturated heterocycles. The Kier molecular flexibility index (Phi) is 3.80. The quantitative estimate of drug-likeness (QED) is 0.945. The van der Waals surface area contributed by atoms with Crippen LogP contribution in [-0.4, -0.2) is 19.0 Å². The highest BCUT2D eigenvalue weighted by atomic mass is 16.2. The maximum atomic E-state index is 12.2. The second-order valence-corrected chi connectivity index (χ2v) is 5.58. The van der Waals surface area contributed by atoms with Crippen molar-refractivity contribution < 1.29 is 4.79 Å². The molecule has 3 rings (SSSR count). The van der Waals surface area contributed by atoms with Gasteiger partial charge in [-0.3, -0.25) is 4.79 Å². The van der Waals surface area contributed by atoms with Crippen molar-refractivity contribution in [2.75, 3.05) is 23.3 Å². The van der Waals surface area contributed by atoms with Gasteiger partial charge >= 0.3 is 0 Å². The fraction of sp³-hybridized carbons (Fsp3) is 0.222. The first-order chi connectivity index (χ1) is 10.7. The van der Waals surface area contributed by atoms with Crippen LogP contribution in [-0.2, 0) is 4.79 Å². The van der Waals surface area contributed by atoms with Gasteiger partial charge in [0.25, 0.3) is 0 Å². The van der Waals surface area contributed by atoms with Gasteiger partial charge in [-0.2, -0.15) is 5.26 Å². The summed E-state index contributed by atoms with van der Waals surface area (Å²) in [7, 11) is 0. The van der Waals surface area contributed by atoms with Gasteiger partial charge in [0.15, 0.2) is 0 Å². The number of carbonyl (C=O) groups is 1. The molecule has 0 bridgehead atoms. The van der Waals surface area contributed by atoms with Crippen LogP contribution in [0, 0.1) is 11.3 Å². The fourth-order valence-electron chi connectivity index (χ4n) is 2.91. The number of nitrogens with zero attached hydrogens (tertiary/aromatic N) is 2. The predicted octanol–water partition coefficient (Wildman–Crippen LogP) is 3.12. The summed E-state index contributed by atoms with van der Waals surface area (Å²) < 4.78 is 0. The zero-order valence-electron chi connectivity index (χ0n) is 12.4. The van der Waals surface area contributed by atoms with Crippen molar-refractivity contribution >= 4 is 17.3 Å². The molecular weight excluding hydrogens is 274 g/mol. The lowest BCUT2D eigenvalue weighted by Gasteiger charge is -2.19. The molecule has 1 N–H and O–H groups in total. The molecule has 0 spiro atoms. The molecule has 1 atom stereocenters. The third-order valence-corrected chi connectivity index (χ3v) is 3.91. The third-order valence-electron chi connectivity index (χ3n) is 3.91. The average molecular weight is 291 g/mol. The number of carbonyl (C=O) groups excluding carboxylic acids is 1. The van der Waals surface area contributed by atoms with Gasteiger partial charge in [0.2, 0.25) is 5.91 Å². The van der Waals surface area contributed by atoms with E-state index in [0.717, 1.165) is 12.2 Å². The molecule has 0 fully saturated rings. The summed E-state index contributed by atoms with van der Waals surface area (Å²) in [5, 5.41) is 11.8. The van der Waals surface area contributed by atoms with E-state index in [1.54, 1.807) is 24.3 Å². The van der Waals surface area contributed by atoms with Crippen LogP contribution in [0.3, 0.4) is 0 Å². The molecule has 2 aromatic rings. The molecule has 4 nitrogen and oxygen atoms in total. The summed E-state index contributed by atoms with van der Waals surface area (Å²) in [5.74, 6) is 0.366. The van der Waals surface area contributed by atoms with Crippen LogP contribution in [0.5, 0.6) is 0 Å². The Morgan fingerprint density at radius 3 is 2.95 bits per heavy atom. The number of anilines is 2. The molecule has 1 aliphatic rings. The summed E-state index contributed by atoms with van der Waals surface area (Å²) in [5.41, 5.74) is 3.63. The van der Waals surface area contributed by atoms with Crippen LogP contribution >= 0.6 is 0 Å². The van der Waals surface area contributed by atoms with Gasteiger partial charge in [-0.1, -0.05) is 31.2 Å². The van der Waals surface area contributed by atoms with E-state index in [-0.39, 0.29) is 5.91 Å². The lowest BCUT2D eigenvalue weighted by molar-refractivity contribution is -0.115. The average Bonchev–Trinajstić information content (AvgIpc) is 2.84. The number of fused-ring (bicyclic) bond motifs is 1. The van der Waals surface area contributed by atoms with Gasteiger partial charge in [-0.15, -0.1) is 0 Å². The van der Waals surface area contributed by atoms with Crippen molar-refractivity contribution in [2.45, 2.75) is 12.8 Å². The number of para-hydroxylation sites is 1. The van der Waals surface area contributed by atoms with E-state index >= 15 is 0 Å². The number of amides is 1. The molecule has 1 aliphatic heterocycles. The zero-order valence-corrected chi connectivity index (χ0v) is 12.4. The highest BCUT2D eigenvalue weighted by Gasteiger charge is 2.26. The first-order valence-corrected chi connectivity index (χ1v) is 7.31. The maximum absolute atomic E-state index is 12.2. The molecule has 0 aromatic heterocycles. The van der Waals surface area contributed by atoms with Crippen molar-refractivity contribution in [1.82, 2.24) is 0 Å². The van der Waals surface area contributed by atoms with Crippen LogP contribution in [0.4, 0.5) is 11.4 Å². The Morgan fingerprint density at radius 2 is 2.14 bits per heavy atom. The predicted molar refractivity (Wildman–Crippen MR) is 86.9 cm³/mol. The van der Waals surface area contributed by atoms with Crippen molar-refractivity contribution in [3.05, 3.63) is 59.7 Å². The maximum Gasteiger partial charge on any atom is 0.243 e. The SMILES string of the molecule is CC1CN(CC(=O)Nc2cccc(C#N)c2)c2ccccc21. The monoisotopic (exact) mass is 291 g/mol. The number of nitrogens with one attached hydrogen (secondary N) is 1. The number of benzene rings is 2. The highest BCUT2D eigenvalue weighted by molar-refractivity contribution is 5.94. The Hall–Kier alpha value is -2.80. The Labute approximate surface area is 130 Å². The van der Waals surface area contributed by atoms with Crippen LogP contribution in [0.1, 0.15) is 24.0 Å². The minimum atomic E-state index is -0.0704. The van der Waals surface area contributed by atoms with Crippen molar-refractivity contribution in [1.29, 1.82) is 5.26 Å². The van der Waals surface area contributed by atoms with E-state index < -0.39 is 0 Å². The van der Waals surface area contributed by atoms with E-state index in [9.17, 15) is 4.79 Å². The normalized spacial score (nSPS) is 16.0. The molecule has 1 heterocycles. The molecule has 22 heavy (non-hydrogen) atoms. The van der Waals surface area contributed by atoms with Gasteiger partial charge in [0.05, 0.1) is 18.2 Å². The first kappa shape index (κ1) is 14.2. The lowest BCUT2D eigenvalue weighted by Crippen LogP contribution is -2.32. The van der Waals surface area contributed by atoms with E-state index in [2.05, 4.69) is 35.3 Å². The van der Waals surface area contributed by atoms with Crippen LogP contribution in [0.25, 0.3) is 0 Å². The molecule has 110 valence electrons. The second kappa shape index (κ2) is 5.90. The van der Waals surface area contributed by atoms with Crippen LogP contribution in [0.15, 0.2) is 48.5 Å². The van der Waals surface area contributed by atoms with Crippen LogP contribution < -0.4 is 10.2 Å². The van der Waals surface area contributed by atoms with E-state index in [1.807, 2.05) is 12.1 Å². The van der Waals surface area contributed by atoms with Gasteiger partial charge in [0, 0.05) is 23.8 Å². The molecule has 1 unspecified atom stereocenters. The van der Waals surface area contributed by atoms with E-state index in [0.29, 0.717) is 23.7 Å². The smallest absolute Gasteiger partial charge is 0.243 e. The number of rotatable bonds is 3. The number of hydrogen-bond donors (Lipinski definition) is 1. The van der Waals surface area contributed by atoms with Crippen molar-refractivity contribution in [3.63, 3.8) is 0 Å². The summed E-state index contributed by atoms with van der Waals surface area (Å²) >= 11 is 0. The van der Waals surface area contributed by atoms with Gasteiger partial charge < -0.3 is 10.2 Å². The Bertz CT molecular complexity index is 748. The summed E-state index contributed by atoms with van der Waals surface area (Å²) in [6.07, 6.45) is 0. The summed E-state index contributed by atoms with van der Waals surface area (Å²) in [4.78, 5) is 14.3. The fourth-order valence-corrected chi connectivity index (χ4v) is 2.91. The van der Waals surface area contributed by atoms with Gasteiger partial charge in [-0.25, -0.2) is 0 Å². The first-order valence-electron chi connectivity index (χ1n) is 7.31. The summed E-state index contributed by atoms with van der Waals surface area (Å²) in [6.45, 7) is 3.34. The number of hydrogen-bond acceptors (Lipinski definition) is 3. The standard InChI is InChI=1S/C18H17N3O/c1-13-11-21(17-8-3-2-7-16(13)17)12-18(22)20-15-6-4-5-14(9-15)10-19/h2-9,13H,11-12H2,1H3,(H,20,22). The molecular formula is C18H17N3O. The third kappa shape index (κ3) is 2.79. The largest absolute Gasteiger partial charge is 0.361 e. The van der Waals surface area contributed by atoms with Gasteiger partial charge in [0.1, 0.15) is 0 Å². The van der Waals surface area contributed by atoms with Crippen LogP contribution in [0.2, 0.25) is 0 Å². The molecule has 0 aliphatic carbocycles. The van der Waals surface area contributed by atoms with Crippen molar-refractivity contribution in [3.8, 4) is 6.07 Å². The topological polar surface area (TPSA) is 56.1 Å². The summed E-state index contributed by atoms with van der Waals surface area (Å²) in [6, 6.07) is 17.2. The Balaban J connectivity index is 1.69. The highest BCUT2D eigenvalue weighted by Crippen LogP contribution is 2.35. The second-order valence-electron chi connectivity index (χ2n) is 5.58. The Morgan fingerprint density at radius 1 is 1.32 bits per heavy atom. The van der Waals surface area contributed by atoms with E-state index in [4.69, 9.17) is 5.26 Å². The molecule has 0 radical (unpaired) electrons. The molecule has 4 heteroatoms. The molecule has 1 amide bonds. The molecule has 0 saturated carbocycles. The lowest BCUT2D eigenvalue weighted by atomic mass is 10.0. The minimum absolute atomic E-state index is 0.0704. The number of nitriles is 1.